The number of ether oxygens (including phenoxy) is 5. The summed E-state index contributed by atoms with van der Waals surface area (Å²) < 4.78 is 27.2. The SMILES string of the molecule is COc1ccc(C2/C(=C(\O)c3ccc(OC)c(OC)c3)C(=O)C(=O)N2c2ccc3c(c2)OCCO3)cc1. The Morgan fingerprint density at radius 3 is 2.22 bits per heavy atom. The second kappa shape index (κ2) is 9.77. The van der Waals surface area contributed by atoms with Crippen molar-refractivity contribution in [2.45, 2.75) is 6.04 Å². The van der Waals surface area contributed by atoms with Gasteiger partial charge in [0.25, 0.3) is 11.7 Å². The van der Waals surface area contributed by atoms with Crippen molar-refractivity contribution in [2.75, 3.05) is 39.4 Å². The van der Waals surface area contributed by atoms with E-state index in [-0.39, 0.29) is 11.3 Å². The van der Waals surface area contributed by atoms with Crippen LogP contribution in [0.15, 0.2) is 66.2 Å². The zero-order valence-electron chi connectivity index (χ0n) is 20.5. The summed E-state index contributed by atoms with van der Waals surface area (Å²) in [5.74, 6) is 0.538. The van der Waals surface area contributed by atoms with Gasteiger partial charge < -0.3 is 28.8 Å². The first-order valence-corrected chi connectivity index (χ1v) is 11.5. The average Bonchev–Trinajstić information content (AvgIpc) is 3.21. The molecule has 0 bridgehead atoms. The van der Waals surface area contributed by atoms with Crippen molar-refractivity contribution < 1.29 is 38.4 Å². The molecule has 0 spiro atoms. The van der Waals surface area contributed by atoms with Crippen molar-refractivity contribution in [2.24, 2.45) is 0 Å². The highest BCUT2D eigenvalue weighted by molar-refractivity contribution is 6.51. The maximum absolute atomic E-state index is 13.4. The number of aliphatic hydroxyl groups is 1. The molecule has 1 unspecified atom stereocenters. The Balaban J connectivity index is 1.68. The van der Waals surface area contributed by atoms with E-state index in [0.717, 1.165) is 0 Å². The lowest BCUT2D eigenvalue weighted by molar-refractivity contribution is -0.132. The number of benzene rings is 3. The lowest BCUT2D eigenvalue weighted by atomic mass is 9.95. The fraction of sp³-hybridized carbons (Fsp3) is 0.214. The summed E-state index contributed by atoms with van der Waals surface area (Å²) in [5, 5.41) is 11.4. The largest absolute Gasteiger partial charge is 0.507 e. The van der Waals surface area contributed by atoms with E-state index in [1.165, 1.54) is 19.1 Å². The Hall–Kier alpha value is -4.66. The number of hydrogen-bond acceptors (Lipinski definition) is 8. The summed E-state index contributed by atoms with van der Waals surface area (Å²) >= 11 is 0. The van der Waals surface area contributed by atoms with Gasteiger partial charge >= 0.3 is 0 Å². The van der Waals surface area contributed by atoms with Crippen molar-refractivity contribution in [3.05, 3.63) is 77.4 Å². The Kier molecular flexibility index (Phi) is 6.35. The average molecular weight is 504 g/mol. The number of nitrogens with zero attached hydrogens (tertiary/aromatic N) is 1. The highest BCUT2D eigenvalue weighted by atomic mass is 16.6. The van der Waals surface area contributed by atoms with Crippen LogP contribution in [-0.2, 0) is 9.59 Å². The number of aliphatic hydroxyl groups excluding tert-OH is 1. The topological polar surface area (TPSA) is 104 Å². The van der Waals surface area contributed by atoms with Gasteiger partial charge in [0, 0.05) is 17.3 Å². The summed E-state index contributed by atoms with van der Waals surface area (Å²) in [4.78, 5) is 28.2. The fourth-order valence-electron chi connectivity index (χ4n) is 4.52. The highest BCUT2D eigenvalue weighted by Gasteiger charge is 2.47. The number of rotatable bonds is 6. The summed E-state index contributed by atoms with van der Waals surface area (Å²) in [6, 6.07) is 15.9. The van der Waals surface area contributed by atoms with Gasteiger partial charge in [-0.25, -0.2) is 0 Å². The quantitative estimate of drug-likeness (QED) is 0.305. The second-order valence-corrected chi connectivity index (χ2v) is 8.34. The minimum absolute atomic E-state index is 0.0581. The third-order valence-electron chi connectivity index (χ3n) is 6.34. The third-order valence-corrected chi connectivity index (χ3v) is 6.34. The Labute approximate surface area is 213 Å². The number of fused-ring (bicyclic) bond motifs is 1. The normalized spacial score (nSPS) is 18.0. The minimum atomic E-state index is -0.915. The maximum atomic E-state index is 13.4. The van der Waals surface area contributed by atoms with Gasteiger partial charge in [0.15, 0.2) is 23.0 Å². The molecule has 1 saturated heterocycles. The number of Topliss-reactive ketones (excluding diaryl/α,β-unsaturated/α-hetero) is 1. The monoisotopic (exact) mass is 503 g/mol. The molecule has 0 aromatic heterocycles. The predicted octanol–water partition coefficient (Wildman–Crippen LogP) is 4.11. The van der Waals surface area contributed by atoms with E-state index in [1.54, 1.807) is 67.8 Å². The minimum Gasteiger partial charge on any atom is -0.507 e. The van der Waals surface area contributed by atoms with Crippen LogP contribution >= 0.6 is 0 Å². The summed E-state index contributed by atoms with van der Waals surface area (Å²) in [7, 11) is 4.52. The van der Waals surface area contributed by atoms with E-state index >= 15 is 0 Å². The van der Waals surface area contributed by atoms with E-state index in [1.807, 2.05) is 0 Å². The number of carbonyl (C=O) groups excluding carboxylic acids is 2. The molecule has 1 fully saturated rings. The smallest absolute Gasteiger partial charge is 0.300 e. The number of amides is 1. The number of carbonyl (C=O) groups is 2. The Bertz CT molecular complexity index is 1400. The molecule has 3 aromatic rings. The molecular weight excluding hydrogens is 478 g/mol. The predicted molar refractivity (Wildman–Crippen MR) is 135 cm³/mol. The molecule has 0 aliphatic carbocycles. The summed E-state index contributed by atoms with van der Waals surface area (Å²) in [6.07, 6.45) is 0. The van der Waals surface area contributed by atoms with Crippen LogP contribution in [0.25, 0.3) is 5.76 Å². The first-order valence-electron chi connectivity index (χ1n) is 11.5. The van der Waals surface area contributed by atoms with Gasteiger partial charge in [-0.1, -0.05) is 12.1 Å². The number of ketones is 1. The molecule has 0 radical (unpaired) electrons. The Morgan fingerprint density at radius 2 is 1.54 bits per heavy atom. The van der Waals surface area contributed by atoms with Gasteiger partial charge in [-0.05, 0) is 48.0 Å². The first-order chi connectivity index (χ1) is 18.0. The van der Waals surface area contributed by atoms with Gasteiger partial charge in [0.1, 0.15) is 24.7 Å². The lowest BCUT2D eigenvalue weighted by Crippen LogP contribution is -2.29. The molecule has 9 heteroatoms. The third kappa shape index (κ3) is 4.18. The molecule has 37 heavy (non-hydrogen) atoms. The van der Waals surface area contributed by atoms with Crippen LogP contribution in [0.3, 0.4) is 0 Å². The van der Waals surface area contributed by atoms with Crippen LogP contribution in [0.1, 0.15) is 17.2 Å². The summed E-state index contributed by atoms with van der Waals surface area (Å²) in [5.41, 5.74) is 1.28. The van der Waals surface area contributed by atoms with Gasteiger partial charge in [0.05, 0.1) is 32.9 Å². The maximum Gasteiger partial charge on any atom is 0.300 e. The highest BCUT2D eigenvalue weighted by Crippen LogP contribution is 2.45. The van der Waals surface area contributed by atoms with Gasteiger partial charge in [-0.3, -0.25) is 14.5 Å². The molecular formula is C28H25NO8. The number of methoxy groups -OCH3 is 3. The first kappa shape index (κ1) is 24.1. The molecule has 2 heterocycles. The van der Waals surface area contributed by atoms with Crippen molar-refractivity contribution in [3.63, 3.8) is 0 Å². The zero-order valence-corrected chi connectivity index (χ0v) is 20.5. The molecule has 1 amide bonds. The fourth-order valence-corrected chi connectivity index (χ4v) is 4.52. The molecule has 9 nitrogen and oxygen atoms in total. The van der Waals surface area contributed by atoms with Gasteiger partial charge in [-0.2, -0.15) is 0 Å². The van der Waals surface area contributed by atoms with E-state index in [4.69, 9.17) is 23.7 Å². The molecule has 2 aliphatic heterocycles. The molecule has 2 aliphatic rings. The number of hydrogen-bond donors (Lipinski definition) is 1. The van der Waals surface area contributed by atoms with Crippen LogP contribution in [0, 0.1) is 0 Å². The molecule has 190 valence electrons. The van der Waals surface area contributed by atoms with Crippen LogP contribution in [0.4, 0.5) is 5.69 Å². The van der Waals surface area contributed by atoms with Crippen LogP contribution < -0.4 is 28.6 Å². The molecule has 5 rings (SSSR count). The molecule has 0 saturated carbocycles. The van der Waals surface area contributed by atoms with Crippen molar-refractivity contribution in [1.29, 1.82) is 0 Å². The van der Waals surface area contributed by atoms with Crippen molar-refractivity contribution in [1.82, 2.24) is 0 Å². The van der Waals surface area contributed by atoms with Crippen molar-refractivity contribution >= 4 is 23.1 Å². The van der Waals surface area contributed by atoms with Crippen LogP contribution in [0.5, 0.6) is 28.7 Å². The number of anilines is 1. The standard InChI is InChI=1S/C28H25NO8/c1-33-19-8-4-16(5-9-19)25-24(26(30)17-6-10-20(34-2)22(14-17)35-3)27(31)28(32)29(25)18-7-11-21-23(15-18)37-13-12-36-21/h4-11,14-15,25,30H,12-13H2,1-3H3/b26-24+. The Morgan fingerprint density at radius 1 is 0.838 bits per heavy atom. The summed E-state index contributed by atoms with van der Waals surface area (Å²) in [6.45, 7) is 0.796. The van der Waals surface area contributed by atoms with Crippen LogP contribution in [-0.4, -0.2) is 51.3 Å². The molecule has 1 atom stereocenters. The van der Waals surface area contributed by atoms with Gasteiger partial charge in [-0.15, -0.1) is 0 Å². The molecule has 3 aromatic carbocycles. The van der Waals surface area contributed by atoms with Crippen LogP contribution in [0.2, 0.25) is 0 Å². The molecule has 1 N–H and O–H groups in total. The van der Waals surface area contributed by atoms with Crippen molar-refractivity contribution in [3.8, 4) is 28.7 Å². The lowest BCUT2D eigenvalue weighted by Gasteiger charge is -2.27. The van der Waals surface area contributed by atoms with E-state index in [0.29, 0.717) is 58.8 Å². The van der Waals surface area contributed by atoms with E-state index < -0.39 is 17.7 Å². The zero-order chi connectivity index (χ0) is 26.1. The van der Waals surface area contributed by atoms with E-state index in [9.17, 15) is 14.7 Å². The second-order valence-electron chi connectivity index (χ2n) is 8.34. The van der Waals surface area contributed by atoms with Gasteiger partial charge in [0.2, 0.25) is 0 Å². The van der Waals surface area contributed by atoms with E-state index in [2.05, 4.69) is 0 Å².